The minimum absolute atomic E-state index is 0.0141. The van der Waals surface area contributed by atoms with Crippen molar-refractivity contribution in [2.45, 2.75) is 11.7 Å². The fraction of sp³-hybridized carbons (Fsp3) is 0.0952. The van der Waals surface area contributed by atoms with Gasteiger partial charge in [0.05, 0.1) is 16.4 Å². The first-order valence-corrected chi connectivity index (χ1v) is 9.78. The van der Waals surface area contributed by atoms with Gasteiger partial charge in [-0.25, -0.2) is 0 Å². The van der Waals surface area contributed by atoms with Crippen LogP contribution in [0.5, 0.6) is 0 Å². The van der Waals surface area contributed by atoms with Gasteiger partial charge in [-0.1, -0.05) is 72.4 Å². The number of hydrogen-bond donors (Lipinski definition) is 1. The van der Waals surface area contributed by atoms with Gasteiger partial charge in [-0.05, 0) is 10.8 Å². The Hall–Kier alpha value is -3.52. The number of para-hydroxylation sites is 1. The summed E-state index contributed by atoms with van der Waals surface area (Å²) in [6.07, 6.45) is 1.90. The minimum atomic E-state index is -0.484. The van der Waals surface area contributed by atoms with E-state index in [2.05, 4.69) is 15.5 Å². The van der Waals surface area contributed by atoms with Crippen LogP contribution >= 0.6 is 11.8 Å². The Morgan fingerprint density at radius 2 is 1.83 bits per heavy atom. The molecule has 0 saturated carbocycles. The zero-order chi connectivity index (χ0) is 20.2. The lowest BCUT2D eigenvalue weighted by molar-refractivity contribution is -0.385. The molecule has 7 nitrogen and oxygen atoms in total. The quantitative estimate of drug-likeness (QED) is 0.396. The van der Waals surface area contributed by atoms with Gasteiger partial charge >= 0.3 is 0 Å². The van der Waals surface area contributed by atoms with Gasteiger partial charge in [0, 0.05) is 23.6 Å². The Kier molecular flexibility index (Phi) is 5.35. The van der Waals surface area contributed by atoms with Crippen LogP contribution in [0.3, 0.4) is 0 Å². The number of fused-ring (bicyclic) bond motifs is 1. The number of rotatable bonds is 5. The number of amides is 1. The molecule has 1 saturated heterocycles. The summed E-state index contributed by atoms with van der Waals surface area (Å²) in [6.45, 7) is 0. The maximum atomic E-state index is 12.2. The van der Waals surface area contributed by atoms with Crippen molar-refractivity contribution in [3.05, 3.63) is 88.0 Å². The maximum Gasteiger partial charge on any atom is 0.272 e. The lowest BCUT2D eigenvalue weighted by Crippen LogP contribution is -2.26. The molecule has 3 aromatic carbocycles. The zero-order valence-electron chi connectivity index (χ0n) is 15.2. The molecule has 1 unspecified atom stereocenters. The number of nitrogens with one attached hydrogen (secondary N) is 1. The molecule has 0 aromatic heterocycles. The SMILES string of the molecule is O=C1NC(=N/N=C/c2cccc3ccccc23)SC1Cc1ccccc1[N+](=O)[O-]. The predicted octanol–water partition coefficient (Wildman–Crippen LogP) is 3.91. The van der Waals surface area contributed by atoms with E-state index in [0.717, 1.165) is 16.3 Å². The Bertz CT molecular complexity index is 1150. The molecular weight excluding hydrogens is 388 g/mol. The summed E-state index contributed by atoms with van der Waals surface area (Å²) in [4.78, 5) is 23.0. The summed E-state index contributed by atoms with van der Waals surface area (Å²) in [5, 5.41) is 24.2. The van der Waals surface area contributed by atoms with E-state index in [1.54, 1.807) is 24.4 Å². The summed E-state index contributed by atoms with van der Waals surface area (Å²) in [6, 6.07) is 20.3. The number of thioether (sulfide) groups is 1. The minimum Gasteiger partial charge on any atom is -0.303 e. The highest BCUT2D eigenvalue weighted by molar-refractivity contribution is 8.15. The Labute approximate surface area is 170 Å². The highest BCUT2D eigenvalue weighted by Gasteiger charge is 2.32. The van der Waals surface area contributed by atoms with Gasteiger partial charge in [0.15, 0.2) is 5.17 Å². The summed E-state index contributed by atoms with van der Waals surface area (Å²) in [5.74, 6) is -0.229. The van der Waals surface area contributed by atoms with Crippen LogP contribution in [0.1, 0.15) is 11.1 Å². The Morgan fingerprint density at radius 1 is 1.07 bits per heavy atom. The van der Waals surface area contributed by atoms with E-state index in [4.69, 9.17) is 0 Å². The molecule has 1 N–H and O–H groups in total. The third-order valence-corrected chi connectivity index (χ3v) is 5.61. The summed E-state index contributed by atoms with van der Waals surface area (Å²) >= 11 is 1.23. The molecular formula is C21H16N4O3S. The highest BCUT2D eigenvalue weighted by Crippen LogP contribution is 2.27. The number of nitro groups is 1. The molecule has 1 atom stereocenters. The molecule has 1 amide bonds. The van der Waals surface area contributed by atoms with E-state index in [9.17, 15) is 14.9 Å². The normalized spacial score (nSPS) is 17.9. The Morgan fingerprint density at radius 3 is 2.69 bits per heavy atom. The van der Waals surface area contributed by atoms with Crippen LogP contribution < -0.4 is 5.32 Å². The van der Waals surface area contributed by atoms with E-state index in [-0.39, 0.29) is 18.0 Å². The van der Waals surface area contributed by atoms with E-state index in [1.165, 1.54) is 17.8 Å². The predicted molar refractivity (Wildman–Crippen MR) is 115 cm³/mol. The highest BCUT2D eigenvalue weighted by atomic mass is 32.2. The number of carbonyl (C=O) groups is 1. The first-order valence-electron chi connectivity index (χ1n) is 8.90. The summed E-state index contributed by atoms with van der Waals surface area (Å²) in [5.41, 5.74) is 1.46. The number of carbonyl (C=O) groups excluding carboxylic acids is 1. The van der Waals surface area contributed by atoms with Crippen molar-refractivity contribution in [1.82, 2.24) is 5.32 Å². The molecule has 3 aromatic rings. The Balaban J connectivity index is 1.49. The molecule has 8 heteroatoms. The largest absolute Gasteiger partial charge is 0.303 e. The number of benzene rings is 3. The lowest BCUT2D eigenvalue weighted by atomic mass is 10.1. The van der Waals surface area contributed by atoms with E-state index in [1.807, 2.05) is 42.5 Å². The monoisotopic (exact) mass is 404 g/mol. The number of nitro benzene ring substituents is 1. The van der Waals surface area contributed by atoms with Crippen LogP contribution in [-0.2, 0) is 11.2 Å². The third-order valence-electron chi connectivity index (χ3n) is 4.54. The molecule has 0 aliphatic carbocycles. The smallest absolute Gasteiger partial charge is 0.272 e. The molecule has 1 heterocycles. The second kappa shape index (κ2) is 8.24. The molecule has 0 bridgehead atoms. The van der Waals surface area contributed by atoms with Crippen molar-refractivity contribution in [2.24, 2.45) is 10.2 Å². The topological polar surface area (TPSA) is 97.0 Å². The fourth-order valence-corrected chi connectivity index (χ4v) is 4.11. The van der Waals surface area contributed by atoms with E-state index < -0.39 is 10.2 Å². The number of amidine groups is 1. The van der Waals surface area contributed by atoms with E-state index in [0.29, 0.717) is 10.7 Å². The van der Waals surface area contributed by atoms with Crippen LogP contribution in [0, 0.1) is 10.1 Å². The second-order valence-corrected chi connectivity index (χ2v) is 7.60. The third kappa shape index (κ3) is 4.17. The molecule has 0 radical (unpaired) electrons. The van der Waals surface area contributed by atoms with Crippen LogP contribution in [-0.4, -0.2) is 27.5 Å². The van der Waals surface area contributed by atoms with Gasteiger partial charge in [0.25, 0.3) is 5.69 Å². The summed E-state index contributed by atoms with van der Waals surface area (Å²) in [7, 11) is 0. The molecule has 29 heavy (non-hydrogen) atoms. The number of nitrogens with zero attached hydrogens (tertiary/aromatic N) is 3. The lowest BCUT2D eigenvalue weighted by Gasteiger charge is -2.05. The van der Waals surface area contributed by atoms with E-state index >= 15 is 0 Å². The second-order valence-electron chi connectivity index (χ2n) is 6.40. The molecule has 144 valence electrons. The van der Waals surface area contributed by atoms with Gasteiger partial charge in [0.1, 0.15) is 0 Å². The average molecular weight is 404 g/mol. The molecule has 1 aliphatic rings. The van der Waals surface area contributed by atoms with Crippen LogP contribution in [0.25, 0.3) is 10.8 Å². The maximum absolute atomic E-state index is 12.2. The standard InChI is InChI=1S/C21H16N4O3S/c26-20-19(12-15-7-2-4-11-18(15)25(27)28)29-21(23-20)24-22-13-16-9-5-8-14-6-1-3-10-17(14)16/h1-11,13,19H,12H2,(H,23,24,26)/b22-13+. The molecule has 0 spiro atoms. The average Bonchev–Trinajstić information content (AvgIpc) is 3.07. The van der Waals surface area contributed by atoms with Gasteiger partial charge in [-0.15, -0.1) is 5.10 Å². The molecule has 1 aliphatic heterocycles. The van der Waals surface area contributed by atoms with Gasteiger partial charge in [-0.3, -0.25) is 14.9 Å². The van der Waals surface area contributed by atoms with Crippen molar-refractivity contribution >= 4 is 45.5 Å². The first-order chi connectivity index (χ1) is 14.1. The van der Waals surface area contributed by atoms with Gasteiger partial charge < -0.3 is 5.32 Å². The molecule has 4 rings (SSSR count). The van der Waals surface area contributed by atoms with Crippen molar-refractivity contribution in [3.8, 4) is 0 Å². The van der Waals surface area contributed by atoms with Crippen LogP contribution in [0.15, 0.2) is 76.9 Å². The molecule has 1 fully saturated rings. The first kappa shape index (κ1) is 18.8. The van der Waals surface area contributed by atoms with Crippen molar-refractivity contribution in [2.75, 3.05) is 0 Å². The van der Waals surface area contributed by atoms with Crippen LogP contribution in [0.2, 0.25) is 0 Å². The van der Waals surface area contributed by atoms with Crippen molar-refractivity contribution < 1.29 is 9.72 Å². The van der Waals surface area contributed by atoms with Crippen molar-refractivity contribution in [1.29, 1.82) is 0 Å². The van der Waals surface area contributed by atoms with Crippen molar-refractivity contribution in [3.63, 3.8) is 0 Å². The van der Waals surface area contributed by atoms with Crippen LogP contribution in [0.4, 0.5) is 5.69 Å². The zero-order valence-corrected chi connectivity index (χ0v) is 16.0. The number of hydrogen-bond acceptors (Lipinski definition) is 6. The van der Waals surface area contributed by atoms with Gasteiger partial charge in [-0.2, -0.15) is 5.10 Å². The fourth-order valence-electron chi connectivity index (χ4n) is 3.15. The summed E-state index contributed by atoms with van der Waals surface area (Å²) < 4.78 is 0. The van der Waals surface area contributed by atoms with Gasteiger partial charge in [0.2, 0.25) is 5.91 Å².